The summed E-state index contributed by atoms with van der Waals surface area (Å²) >= 11 is 0. The van der Waals surface area contributed by atoms with E-state index in [0.717, 1.165) is 6.42 Å². The molecule has 0 bridgehead atoms. The van der Waals surface area contributed by atoms with E-state index in [1.807, 2.05) is 0 Å². The molecule has 1 rings (SSSR count). The first-order chi connectivity index (χ1) is 7.34. The summed E-state index contributed by atoms with van der Waals surface area (Å²) in [7, 11) is 0. The smallest absolute Gasteiger partial charge is 0.0299 e. The molecule has 0 aliphatic carbocycles. The lowest BCUT2D eigenvalue weighted by molar-refractivity contribution is 0.268. The normalized spacial score (nSPS) is 13.9. The number of nitrogens with two attached hydrogens (primary N) is 1. The molecule has 0 radical (unpaired) electrons. The van der Waals surface area contributed by atoms with Crippen molar-refractivity contribution in [1.29, 1.82) is 0 Å². The Hall–Kier alpha value is -0.860. The van der Waals surface area contributed by atoms with Crippen molar-refractivity contribution in [3.8, 4) is 0 Å². The number of rotatable bonds is 3. The molecule has 0 fully saturated rings. The number of hydrogen-bond donors (Lipinski definition) is 2. The third-order valence-corrected chi connectivity index (χ3v) is 3.18. The van der Waals surface area contributed by atoms with Gasteiger partial charge in [-0.05, 0) is 36.8 Å². The zero-order valence-corrected chi connectivity index (χ0v) is 11.1. The molecule has 16 heavy (non-hydrogen) atoms. The highest BCUT2D eigenvalue weighted by molar-refractivity contribution is 5.31. The average molecular weight is 220 g/mol. The lowest BCUT2D eigenvalue weighted by atomic mass is 9.82. The largest absolute Gasteiger partial charge is 0.271 e. The Bertz CT molecular complexity index is 350. The number of nitrogens with one attached hydrogen (secondary N) is 1. The van der Waals surface area contributed by atoms with E-state index in [9.17, 15) is 0 Å². The average Bonchev–Trinajstić information content (AvgIpc) is 2.17. The number of aryl methyl sites for hydroxylation is 2. The van der Waals surface area contributed by atoms with Crippen molar-refractivity contribution in [2.24, 2.45) is 11.3 Å². The molecular formula is C14H24N2. The van der Waals surface area contributed by atoms with Crippen LogP contribution in [0, 0.1) is 19.3 Å². The highest BCUT2D eigenvalue weighted by Gasteiger charge is 2.23. The minimum absolute atomic E-state index is 0.172. The third-order valence-electron chi connectivity index (χ3n) is 3.18. The summed E-state index contributed by atoms with van der Waals surface area (Å²) in [4.78, 5) is 0. The van der Waals surface area contributed by atoms with Crippen molar-refractivity contribution in [2.45, 2.75) is 47.1 Å². The van der Waals surface area contributed by atoms with Crippen LogP contribution in [-0.2, 0) is 6.42 Å². The van der Waals surface area contributed by atoms with E-state index >= 15 is 0 Å². The molecule has 0 spiro atoms. The van der Waals surface area contributed by atoms with Gasteiger partial charge in [0, 0.05) is 6.04 Å². The molecule has 0 saturated heterocycles. The van der Waals surface area contributed by atoms with Crippen LogP contribution in [-0.4, -0.2) is 6.04 Å². The van der Waals surface area contributed by atoms with Crippen molar-refractivity contribution in [2.75, 3.05) is 0 Å². The lowest BCUT2D eigenvalue weighted by Gasteiger charge is -2.30. The second-order valence-electron chi connectivity index (χ2n) is 5.72. The molecule has 0 aliphatic rings. The summed E-state index contributed by atoms with van der Waals surface area (Å²) < 4.78 is 0. The number of benzene rings is 1. The standard InChI is InChI=1S/C14H24N2/c1-10-6-7-11(2)12(8-10)9-13(16-15)14(3,4)5/h6-8,13,16H,9,15H2,1-5H3. The van der Waals surface area contributed by atoms with E-state index in [-0.39, 0.29) is 5.41 Å². The van der Waals surface area contributed by atoms with Crippen molar-refractivity contribution >= 4 is 0 Å². The predicted molar refractivity (Wildman–Crippen MR) is 70.2 cm³/mol. The second kappa shape index (κ2) is 4.98. The maximum atomic E-state index is 5.64. The summed E-state index contributed by atoms with van der Waals surface area (Å²) in [6.45, 7) is 10.9. The maximum absolute atomic E-state index is 5.64. The lowest BCUT2D eigenvalue weighted by Crippen LogP contribution is -2.45. The van der Waals surface area contributed by atoms with Crippen LogP contribution in [0.3, 0.4) is 0 Å². The SMILES string of the molecule is Cc1ccc(C)c(CC(NN)C(C)(C)C)c1. The third kappa shape index (κ3) is 3.32. The van der Waals surface area contributed by atoms with E-state index in [0.29, 0.717) is 6.04 Å². The van der Waals surface area contributed by atoms with Crippen molar-refractivity contribution < 1.29 is 0 Å². The van der Waals surface area contributed by atoms with E-state index < -0.39 is 0 Å². The minimum Gasteiger partial charge on any atom is -0.271 e. The fourth-order valence-electron chi connectivity index (χ4n) is 1.86. The first-order valence-electron chi connectivity index (χ1n) is 5.87. The van der Waals surface area contributed by atoms with Gasteiger partial charge in [0.05, 0.1) is 0 Å². The Labute approximate surface area is 99.2 Å². The van der Waals surface area contributed by atoms with Gasteiger partial charge < -0.3 is 0 Å². The summed E-state index contributed by atoms with van der Waals surface area (Å²) in [6, 6.07) is 6.89. The van der Waals surface area contributed by atoms with Gasteiger partial charge in [-0.1, -0.05) is 44.5 Å². The van der Waals surface area contributed by atoms with Gasteiger partial charge in [-0.15, -0.1) is 0 Å². The van der Waals surface area contributed by atoms with Crippen LogP contribution < -0.4 is 11.3 Å². The van der Waals surface area contributed by atoms with Gasteiger partial charge in [0.25, 0.3) is 0 Å². The summed E-state index contributed by atoms with van der Waals surface area (Å²) in [6.07, 6.45) is 0.980. The number of hydrogen-bond acceptors (Lipinski definition) is 2. The predicted octanol–water partition coefficient (Wildman–Crippen LogP) is 2.72. The molecule has 0 heterocycles. The first kappa shape index (κ1) is 13.2. The van der Waals surface area contributed by atoms with Gasteiger partial charge in [-0.2, -0.15) is 0 Å². The van der Waals surface area contributed by atoms with E-state index in [2.05, 4.69) is 58.2 Å². The Morgan fingerprint density at radius 1 is 1.25 bits per heavy atom. The topological polar surface area (TPSA) is 38.0 Å². The van der Waals surface area contributed by atoms with Crippen LogP contribution in [0.2, 0.25) is 0 Å². The van der Waals surface area contributed by atoms with Crippen molar-refractivity contribution in [3.05, 3.63) is 34.9 Å². The molecule has 1 aromatic carbocycles. The van der Waals surface area contributed by atoms with Gasteiger partial charge in [0.2, 0.25) is 0 Å². The Morgan fingerprint density at radius 2 is 1.88 bits per heavy atom. The second-order valence-corrected chi connectivity index (χ2v) is 5.72. The molecule has 0 amide bonds. The van der Waals surface area contributed by atoms with Crippen molar-refractivity contribution in [1.82, 2.24) is 5.43 Å². The van der Waals surface area contributed by atoms with Crippen LogP contribution >= 0.6 is 0 Å². The molecule has 1 aromatic rings. The molecule has 2 heteroatoms. The molecule has 1 unspecified atom stereocenters. The highest BCUT2D eigenvalue weighted by atomic mass is 15.2. The Balaban J connectivity index is 2.90. The fourth-order valence-corrected chi connectivity index (χ4v) is 1.86. The number of hydrazine groups is 1. The van der Waals surface area contributed by atoms with Crippen LogP contribution in [0.4, 0.5) is 0 Å². The van der Waals surface area contributed by atoms with Gasteiger partial charge in [-0.25, -0.2) is 0 Å². The summed E-state index contributed by atoms with van der Waals surface area (Å²) in [5.41, 5.74) is 7.15. The van der Waals surface area contributed by atoms with Gasteiger partial charge in [-0.3, -0.25) is 11.3 Å². The van der Waals surface area contributed by atoms with Crippen LogP contribution in [0.1, 0.15) is 37.5 Å². The summed E-state index contributed by atoms with van der Waals surface area (Å²) in [5, 5.41) is 0. The Morgan fingerprint density at radius 3 is 2.38 bits per heavy atom. The van der Waals surface area contributed by atoms with Crippen LogP contribution in [0.25, 0.3) is 0 Å². The molecule has 0 aromatic heterocycles. The van der Waals surface area contributed by atoms with Crippen molar-refractivity contribution in [3.63, 3.8) is 0 Å². The van der Waals surface area contributed by atoms with Gasteiger partial charge in [0.15, 0.2) is 0 Å². The highest BCUT2D eigenvalue weighted by Crippen LogP contribution is 2.23. The first-order valence-corrected chi connectivity index (χ1v) is 5.87. The van der Waals surface area contributed by atoms with Gasteiger partial charge in [0.1, 0.15) is 0 Å². The fraction of sp³-hybridized carbons (Fsp3) is 0.571. The van der Waals surface area contributed by atoms with E-state index in [1.165, 1.54) is 16.7 Å². The molecule has 90 valence electrons. The zero-order chi connectivity index (χ0) is 12.3. The van der Waals surface area contributed by atoms with Crippen LogP contribution in [0.5, 0.6) is 0 Å². The zero-order valence-electron chi connectivity index (χ0n) is 11.1. The van der Waals surface area contributed by atoms with Gasteiger partial charge >= 0.3 is 0 Å². The van der Waals surface area contributed by atoms with Crippen LogP contribution in [0.15, 0.2) is 18.2 Å². The monoisotopic (exact) mass is 220 g/mol. The molecule has 3 N–H and O–H groups in total. The molecule has 0 saturated carbocycles. The molecule has 2 nitrogen and oxygen atoms in total. The molecule has 0 aliphatic heterocycles. The van der Waals surface area contributed by atoms with E-state index in [4.69, 9.17) is 5.84 Å². The summed E-state index contributed by atoms with van der Waals surface area (Å²) in [5.74, 6) is 5.64. The quantitative estimate of drug-likeness (QED) is 0.607. The Kier molecular flexibility index (Phi) is 4.11. The maximum Gasteiger partial charge on any atom is 0.0299 e. The minimum atomic E-state index is 0.172. The van der Waals surface area contributed by atoms with E-state index in [1.54, 1.807) is 0 Å². The molecule has 1 atom stereocenters. The molecular weight excluding hydrogens is 196 g/mol.